The van der Waals surface area contributed by atoms with Gasteiger partial charge in [-0.2, -0.15) is 0 Å². The lowest BCUT2D eigenvalue weighted by Gasteiger charge is -2.08. The topological polar surface area (TPSA) is 38.3 Å². The zero-order valence-electron chi connectivity index (χ0n) is 13.1. The van der Waals surface area contributed by atoms with E-state index in [2.05, 4.69) is 28.2 Å². The normalized spacial score (nSPS) is 10.6. The van der Waals surface area contributed by atoms with E-state index in [9.17, 15) is 4.79 Å². The summed E-state index contributed by atoms with van der Waals surface area (Å²) in [6, 6.07) is 5.58. The second-order valence-corrected chi connectivity index (χ2v) is 6.10. The second kappa shape index (κ2) is 10.8. The Morgan fingerprint density at radius 2 is 1.90 bits per heavy atom. The summed E-state index contributed by atoms with van der Waals surface area (Å²) in [7, 11) is 1.40. The van der Waals surface area contributed by atoms with Crippen molar-refractivity contribution in [2.45, 2.75) is 52.0 Å². The van der Waals surface area contributed by atoms with Gasteiger partial charge in [0.2, 0.25) is 0 Å². The number of rotatable bonds is 10. The van der Waals surface area contributed by atoms with E-state index in [1.807, 2.05) is 12.1 Å². The maximum absolute atomic E-state index is 11.4. The highest BCUT2D eigenvalue weighted by atomic mass is 79.9. The maximum Gasteiger partial charge on any atom is 0.337 e. The maximum atomic E-state index is 11.4. The number of unbranched alkanes of at least 4 members (excludes halogenated alkanes) is 5. The van der Waals surface area contributed by atoms with Crippen LogP contribution < -0.4 is 5.32 Å². The fourth-order valence-electron chi connectivity index (χ4n) is 2.19. The molecular weight excluding hydrogens is 330 g/mol. The lowest BCUT2D eigenvalue weighted by atomic mass is 10.1. The molecule has 0 saturated carbocycles. The number of ether oxygens (including phenoxy) is 1. The molecule has 0 amide bonds. The van der Waals surface area contributed by atoms with E-state index in [-0.39, 0.29) is 5.97 Å². The minimum atomic E-state index is -0.303. The molecule has 0 aliphatic carbocycles. The molecule has 0 atom stereocenters. The number of carbonyl (C=O) groups excluding carboxylic acids is 1. The minimum Gasteiger partial charge on any atom is -0.465 e. The van der Waals surface area contributed by atoms with Crippen molar-refractivity contribution in [1.29, 1.82) is 0 Å². The van der Waals surface area contributed by atoms with Crippen LogP contribution in [0.5, 0.6) is 0 Å². The summed E-state index contributed by atoms with van der Waals surface area (Å²) < 4.78 is 5.65. The molecule has 0 aromatic heterocycles. The molecule has 3 nitrogen and oxygen atoms in total. The van der Waals surface area contributed by atoms with E-state index in [4.69, 9.17) is 4.74 Å². The van der Waals surface area contributed by atoms with Gasteiger partial charge in [0, 0.05) is 11.0 Å². The largest absolute Gasteiger partial charge is 0.465 e. The SMILES string of the molecule is CCCCCCCCNCc1ccc(C(=O)OC)cc1Br. The molecule has 0 spiro atoms. The third-order valence-electron chi connectivity index (χ3n) is 3.50. The summed E-state index contributed by atoms with van der Waals surface area (Å²) in [6.45, 7) is 4.10. The lowest BCUT2D eigenvalue weighted by molar-refractivity contribution is 0.0600. The summed E-state index contributed by atoms with van der Waals surface area (Å²) in [4.78, 5) is 11.4. The Kier molecular flexibility index (Phi) is 9.35. The van der Waals surface area contributed by atoms with Gasteiger partial charge in [-0.1, -0.05) is 61.0 Å². The van der Waals surface area contributed by atoms with Gasteiger partial charge in [-0.15, -0.1) is 0 Å². The van der Waals surface area contributed by atoms with Crippen LogP contribution in [-0.4, -0.2) is 19.6 Å². The highest BCUT2D eigenvalue weighted by Crippen LogP contribution is 2.19. The van der Waals surface area contributed by atoms with Crippen molar-refractivity contribution < 1.29 is 9.53 Å². The van der Waals surface area contributed by atoms with E-state index in [1.165, 1.54) is 45.6 Å². The smallest absolute Gasteiger partial charge is 0.337 e. The van der Waals surface area contributed by atoms with Crippen molar-refractivity contribution in [2.24, 2.45) is 0 Å². The Balaban J connectivity index is 2.25. The van der Waals surface area contributed by atoms with E-state index < -0.39 is 0 Å². The molecule has 0 fully saturated rings. The van der Waals surface area contributed by atoms with Crippen molar-refractivity contribution in [3.05, 3.63) is 33.8 Å². The Hall–Kier alpha value is -0.870. The monoisotopic (exact) mass is 355 g/mol. The van der Waals surface area contributed by atoms with Gasteiger partial charge in [-0.25, -0.2) is 4.79 Å². The first-order valence-corrected chi connectivity index (χ1v) is 8.55. The van der Waals surface area contributed by atoms with Gasteiger partial charge >= 0.3 is 5.97 Å². The zero-order chi connectivity index (χ0) is 15.5. The van der Waals surface area contributed by atoms with Crippen molar-refractivity contribution in [3.63, 3.8) is 0 Å². The standard InChI is InChI=1S/C17H26BrNO2/c1-3-4-5-6-7-8-11-19-13-15-10-9-14(12-16(15)18)17(20)21-2/h9-10,12,19H,3-8,11,13H2,1-2H3. The van der Waals surface area contributed by atoms with Gasteiger partial charge in [-0.3, -0.25) is 0 Å². The first kappa shape index (κ1) is 18.2. The molecule has 1 rings (SSSR count). The van der Waals surface area contributed by atoms with E-state index in [0.717, 1.165) is 23.1 Å². The molecule has 21 heavy (non-hydrogen) atoms. The molecule has 0 aliphatic rings. The van der Waals surface area contributed by atoms with Crippen LogP contribution in [0.25, 0.3) is 0 Å². The average molecular weight is 356 g/mol. The number of halogens is 1. The molecule has 1 aromatic rings. The van der Waals surface area contributed by atoms with E-state index in [1.54, 1.807) is 6.07 Å². The number of methoxy groups -OCH3 is 1. The molecule has 4 heteroatoms. The van der Waals surface area contributed by atoms with E-state index >= 15 is 0 Å². The molecule has 1 N–H and O–H groups in total. The number of hydrogen-bond acceptors (Lipinski definition) is 3. The number of benzene rings is 1. The lowest BCUT2D eigenvalue weighted by Crippen LogP contribution is -2.15. The fourth-order valence-corrected chi connectivity index (χ4v) is 2.71. The Labute approximate surface area is 136 Å². The van der Waals surface area contributed by atoms with Crippen LogP contribution in [0, 0.1) is 0 Å². The van der Waals surface area contributed by atoms with Crippen molar-refractivity contribution in [2.75, 3.05) is 13.7 Å². The summed E-state index contributed by atoms with van der Waals surface area (Å²) in [5.74, 6) is -0.303. The van der Waals surface area contributed by atoms with Crippen molar-refractivity contribution >= 4 is 21.9 Å². The van der Waals surface area contributed by atoms with Gasteiger partial charge in [0.25, 0.3) is 0 Å². The summed E-state index contributed by atoms with van der Waals surface area (Å²) in [5.41, 5.74) is 1.73. The van der Waals surface area contributed by atoms with Crippen LogP contribution >= 0.6 is 15.9 Å². The van der Waals surface area contributed by atoms with E-state index in [0.29, 0.717) is 5.56 Å². The molecule has 0 radical (unpaired) electrons. The van der Waals surface area contributed by atoms with Crippen LogP contribution in [0.15, 0.2) is 22.7 Å². The third kappa shape index (κ3) is 7.09. The van der Waals surface area contributed by atoms with Crippen LogP contribution in [0.1, 0.15) is 61.4 Å². The van der Waals surface area contributed by atoms with Gasteiger partial charge in [0.15, 0.2) is 0 Å². The summed E-state index contributed by atoms with van der Waals surface area (Å²) >= 11 is 3.51. The van der Waals surface area contributed by atoms with Crippen LogP contribution in [0.4, 0.5) is 0 Å². The number of esters is 1. The van der Waals surface area contributed by atoms with Crippen molar-refractivity contribution in [1.82, 2.24) is 5.32 Å². The highest BCUT2D eigenvalue weighted by molar-refractivity contribution is 9.10. The van der Waals surface area contributed by atoms with Gasteiger partial charge in [0.05, 0.1) is 12.7 Å². The molecular formula is C17H26BrNO2. The Morgan fingerprint density at radius 3 is 2.57 bits per heavy atom. The quantitative estimate of drug-likeness (QED) is 0.488. The fraction of sp³-hybridized carbons (Fsp3) is 0.588. The van der Waals surface area contributed by atoms with Crippen LogP contribution in [0.3, 0.4) is 0 Å². The molecule has 118 valence electrons. The predicted octanol–water partition coefficient (Wildman–Crippen LogP) is 4.69. The summed E-state index contributed by atoms with van der Waals surface area (Å²) in [5, 5.41) is 3.45. The highest BCUT2D eigenvalue weighted by Gasteiger charge is 2.08. The summed E-state index contributed by atoms with van der Waals surface area (Å²) in [6.07, 6.45) is 7.88. The Bertz CT molecular complexity index is 435. The molecule has 0 saturated heterocycles. The molecule has 0 heterocycles. The number of nitrogens with one attached hydrogen (secondary N) is 1. The minimum absolute atomic E-state index is 0.303. The second-order valence-electron chi connectivity index (χ2n) is 5.24. The van der Waals surface area contributed by atoms with Gasteiger partial charge in [0.1, 0.15) is 0 Å². The van der Waals surface area contributed by atoms with Crippen LogP contribution in [0.2, 0.25) is 0 Å². The van der Waals surface area contributed by atoms with Gasteiger partial charge in [-0.05, 0) is 30.7 Å². The Morgan fingerprint density at radius 1 is 1.19 bits per heavy atom. The first-order chi connectivity index (χ1) is 10.2. The third-order valence-corrected chi connectivity index (χ3v) is 4.23. The first-order valence-electron chi connectivity index (χ1n) is 7.76. The number of hydrogen-bond donors (Lipinski definition) is 1. The zero-order valence-corrected chi connectivity index (χ0v) is 14.7. The predicted molar refractivity (Wildman–Crippen MR) is 90.6 cm³/mol. The van der Waals surface area contributed by atoms with Crippen molar-refractivity contribution in [3.8, 4) is 0 Å². The molecule has 0 bridgehead atoms. The average Bonchev–Trinajstić information content (AvgIpc) is 2.50. The number of carbonyl (C=O) groups is 1. The molecule has 0 unspecified atom stereocenters. The van der Waals surface area contributed by atoms with Crippen LogP contribution in [-0.2, 0) is 11.3 Å². The molecule has 1 aromatic carbocycles. The molecule has 0 aliphatic heterocycles. The van der Waals surface area contributed by atoms with Gasteiger partial charge < -0.3 is 10.1 Å².